The Balaban J connectivity index is 1.20. The van der Waals surface area contributed by atoms with Gasteiger partial charge in [0.1, 0.15) is 11.5 Å². The maximum atomic E-state index is 5.02. The lowest BCUT2D eigenvalue weighted by Gasteiger charge is -2.30. The van der Waals surface area contributed by atoms with E-state index in [1.165, 1.54) is 16.3 Å². The van der Waals surface area contributed by atoms with Crippen LogP contribution in [0.3, 0.4) is 0 Å². The molecule has 0 fully saturated rings. The Morgan fingerprint density at radius 2 is 1.02 bits per heavy atom. The van der Waals surface area contributed by atoms with Crippen LogP contribution in [-0.4, -0.2) is 18.7 Å². The lowest BCUT2D eigenvalue weighted by Crippen LogP contribution is -2.13. The molecule has 0 amide bonds. The van der Waals surface area contributed by atoms with Gasteiger partial charge in [0.2, 0.25) is 0 Å². The van der Waals surface area contributed by atoms with Gasteiger partial charge < -0.3 is 4.90 Å². The summed E-state index contributed by atoms with van der Waals surface area (Å²) in [7, 11) is 2.11. The first kappa shape index (κ1) is 35.2. The highest BCUT2D eigenvalue weighted by atomic mass is 15.2. The topological polar surface area (TPSA) is 30.9 Å². The number of aromatic nitrogens is 4. The monoisotopic (exact) mass is 770 g/mol. The first-order valence-corrected chi connectivity index (χ1v) is 20.3. The fourth-order valence-corrected chi connectivity index (χ4v) is 8.84. The summed E-state index contributed by atoms with van der Waals surface area (Å²) in [6.07, 6.45) is 4.09. The van der Waals surface area contributed by atoms with E-state index in [2.05, 4.69) is 244 Å². The number of imidazole rings is 1. The molecule has 8 aromatic carbocycles. The molecule has 0 atom stereocenters. The van der Waals surface area contributed by atoms with Gasteiger partial charge in [-0.15, -0.1) is 0 Å². The number of pyridine rings is 1. The van der Waals surface area contributed by atoms with Crippen LogP contribution in [0.1, 0.15) is 0 Å². The number of nitrogens with zero attached hydrogens (tertiary/aromatic N) is 5. The number of rotatable bonds is 8. The van der Waals surface area contributed by atoms with Crippen molar-refractivity contribution < 1.29 is 0 Å². The lowest BCUT2D eigenvalue weighted by molar-refractivity contribution is 0.911. The standard InChI is InChI=1S/C55H40N5/c1-57-38-58(52-30-14-13-29-51(52)57)43-23-15-24-44(36-43)59(55-46(40-19-7-3-8-20-40)26-16-27-47(55)41-21-9-4-10-22-41)45-31-32-49-48-25-11-12-28-50(48)60(53(49)37-45)54-35-42(33-34-56-54)39-17-5-2-6-18-39/h2-38H,1H3/q+1. The number of para-hydroxylation sites is 4. The summed E-state index contributed by atoms with van der Waals surface area (Å²) in [5, 5.41) is 2.35. The molecule has 5 heteroatoms. The quantitative estimate of drug-likeness (QED) is 0.144. The Morgan fingerprint density at radius 1 is 0.433 bits per heavy atom. The number of anilines is 3. The van der Waals surface area contributed by atoms with Crippen LogP contribution in [0.4, 0.5) is 17.1 Å². The highest BCUT2D eigenvalue weighted by Crippen LogP contribution is 2.48. The second-order valence-electron chi connectivity index (χ2n) is 15.2. The number of hydrogen-bond donors (Lipinski definition) is 0. The molecule has 0 aliphatic heterocycles. The van der Waals surface area contributed by atoms with Crippen LogP contribution in [0.15, 0.2) is 225 Å². The lowest BCUT2D eigenvalue weighted by atomic mass is 9.94. The summed E-state index contributed by atoms with van der Waals surface area (Å²) in [6, 6.07) is 76.1. The second-order valence-corrected chi connectivity index (χ2v) is 15.2. The van der Waals surface area contributed by atoms with E-state index in [1.807, 2.05) is 6.20 Å². The normalized spacial score (nSPS) is 11.4. The van der Waals surface area contributed by atoms with E-state index in [0.717, 1.165) is 78.5 Å². The van der Waals surface area contributed by atoms with Gasteiger partial charge >= 0.3 is 0 Å². The van der Waals surface area contributed by atoms with Crippen LogP contribution >= 0.6 is 0 Å². The van der Waals surface area contributed by atoms with Gasteiger partial charge in [0, 0.05) is 65.1 Å². The van der Waals surface area contributed by atoms with Gasteiger partial charge in [-0.2, -0.15) is 4.57 Å². The molecule has 0 aliphatic carbocycles. The molecule has 0 saturated heterocycles. The van der Waals surface area contributed by atoms with E-state index < -0.39 is 0 Å². The fraction of sp³-hybridized carbons (Fsp3) is 0.0182. The minimum Gasteiger partial charge on any atom is -0.308 e. The average molecular weight is 771 g/mol. The summed E-state index contributed by atoms with van der Waals surface area (Å²) in [5.74, 6) is 0.871. The van der Waals surface area contributed by atoms with Crippen LogP contribution in [0.25, 0.3) is 77.7 Å². The average Bonchev–Trinajstić information content (AvgIpc) is 3.84. The molecule has 284 valence electrons. The third-order valence-corrected chi connectivity index (χ3v) is 11.6. The largest absolute Gasteiger partial charge is 0.308 e. The van der Waals surface area contributed by atoms with Crippen molar-refractivity contribution in [2.24, 2.45) is 7.05 Å². The van der Waals surface area contributed by atoms with E-state index in [4.69, 9.17) is 4.98 Å². The zero-order valence-electron chi connectivity index (χ0n) is 33.1. The Kier molecular flexibility index (Phi) is 8.63. The SMILES string of the molecule is Cn1[cH+]n(-c2cccc(N(c3ccc4c5ccccc5n(-c5cc(-c6ccccc6)ccn5)c4c3)c3c(-c4ccccc4)cccc3-c3ccccc3)c2)c2ccccc21. The molecule has 0 bridgehead atoms. The molecule has 0 spiro atoms. The molecule has 0 aliphatic rings. The second kappa shape index (κ2) is 14.7. The van der Waals surface area contributed by atoms with Crippen molar-refractivity contribution in [2.45, 2.75) is 0 Å². The van der Waals surface area contributed by atoms with E-state index in [-0.39, 0.29) is 0 Å². The highest BCUT2D eigenvalue weighted by molar-refractivity contribution is 6.11. The molecule has 0 radical (unpaired) electrons. The Labute approximate surface area is 348 Å². The van der Waals surface area contributed by atoms with Crippen LogP contribution in [0.2, 0.25) is 0 Å². The minimum atomic E-state index is 0.871. The van der Waals surface area contributed by atoms with Crippen molar-refractivity contribution in [3.8, 4) is 44.9 Å². The summed E-state index contributed by atoms with van der Waals surface area (Å²) in [5.41, 5.74) is 15.6. The van der Waals surface area contributed by atoms with Gasteiger partial charge in [0.25, 0.3) is 0 Å². The predicted octanol–water partition coefficient (Wildman–Crippen LogP) is 14.2. The van der Waals surface area contributed by atoms with Gasteiger partial charge in [-0.3, -0.25) is 4.57 Å². The van der Waals surface area contributed by atoms with Crippen LogP contribution in [-0.2, 0) is 7.05 Å². The molecule has 60 heavy (non-hydrogen) atoms. The molecular formula is C55H40N5+. The van der Waals surface area contributed by atoms with E-state index >= 15 is 0 Å². The van der Waals surface area contributed by atoms with Crippen molar-refractivity contribution in [3.63, 3.8) is 0 Å². The first-order valence-electron chi connectivity index (χ1n) is 20.3. The summed E-state index contributed by atoms with van der Waals surface area (Å²) in [6.45, 7) is 0. The molecule has 5 nitrogen and oxygen atoms in total. The fourth-order valence-electron chi connectivity index (χ4n) is 8.84. The van der Waals surface area contributed by atoms with Crippen LogP contribution in [0, 0.1) is 0 Å². The Hall–Kier alpha value is -8.02. The number of hydrogen-bond acceptors (Lipinski definition) is 2. The zero-order chi connectivity index (χ0) is 40.0. The smallest absolute Gasteiger partial charge is 0.191 e. The van der Waals surface area contributed by atoms with Gasteiger partial charge in [-0.1, -0.05) is 133 Å². The summed E-state index contributed by atoms with van der Waals surface area (Å²) < 4.78 is 6.79. The van der Waals surface area contributed by atoms with E-state index in [0.29, 0.717) is 0 Å². The van der Waals surface area contributed by atoms with Gasteiger partial charge in [-0.05, 0) is 76.9 Å². The number of aryl methyl sites for hydroxylation is 1. The zero-order valence-corrected chi connectivity index (χ0v) is 33.1. The first-order chi connectivity index (χ1) is 29.7. The molecule has 3 aromatic heterocycles. The highest BCUT2D eigenvalue weighted by Gasteiger charge is 2.25. The van der Waals surface area contributed by atoms with E-state index in [9.17, 15) is 0 Å². The molecule has 0 unspecified atom stereocenters. The minimum absolute atomic E-state index is 0.871. The van der Waals surface area contributed by atoms with Crippen molar-refractivity contribution in [3.05, 3.63) is 225 Å². The van der Waals surface area contributed by atoms with Gasteiger partial charge in [-0.25, -0.2) is 9.55 Å². The van der Waals surface area contributed by atoms with Gasteiger partial charge in [0.15, 0.2) is 17.4 Å². The maximum Gasteiger partial charge on any atom is 0.191 e. The number of benzene rings is 8. The van der Waals surface area contributed by atoms with Crippen molar-refractivity contribution in [1.82, 2.24) is 18.7 Å². The molecule has 11 rings (SSSR count). The third-order valence-electron chi connectivity index (χ3n) is 11.6. The molecule has 3 heterocycles. The van der Waals surface area contributed by atoms with Crippen LogP contribution < -0.4 is 4.90 Å². The Morgan fingerprint density at radius 3 is 1.73 bits per heavy atom. The Bertz CT molecular complexity index is 3270. The number of fused-ring (bicyclic) bond motifs is 4. The van der Waals surface area contributed by atoms with Crippen molar-refractivity contribution in [1.29, 1.82) is 0 Å². The predicted molar refractivity (Wildman–Crippen MR) is 250 cm³/mol. The molecule has 0 saturated carbocycles. The maximum absolute atomic E-state index is 5.02. The summed E-state index contributed by atoms with van der Waals surface area (Å²) >= 11 is 0. The summed E-state index contributed by atoms with van der Waals surface area (Å²) in [4.78, 5) is 7.48. The molecule has 11 aromatic rings. The van der Waals surface area contributed by atoms with Gasteiger partial charge in [0.05, 0.1) is 22.4 Å². The van der Waals surface area contributed by atoms with Crippen LogP contribution in [0.5, 0.6) is 0 Å². The third kappa shape index (κ3) is 6.03. The molecule has 0 N–H and O–H groups in total. The van der Waals surface area contributed by atoms with Crippen molar-refractivity contribution >= 4 is 49.9 Å². The van der Waals surface area contributed by atoms with Crippen molar-refractivity contribution in [2.75, 3.05) is 4.90 Å². The van der Waals surface area contributed by atoms with E-state index in [1.54, 1.807) is 0 Å². The molecular weight excluding hydrogens is 731 g/mol.